The first-order chi connectivity index (χ1) is 13.3. The number of carbonyl (C=O) groups is 1. The zero-order valence-corrected chi connectivity index (χ0v) is 15.2. The van der Waals surface area contributed by atoms with Gasteiger partial charge in [0, 0.05) is 24.2 Å². The molecule has 0 fully saturated rings. The third-order valence-electron chi connectivity index (χ3n) is 4.93. The number of hydrogen-bond acceptors (Lipinski definition) is 3. The molecule has 0 saturated carbocycles. The van der Waals surface area contributed by atoms with Crippen molar-refractivity contribution in [1.82, 2.24) is 15.1 Å². The molecule has 0 unspecified atom stereocenters. The third-order valence-corrected chi connectivity index (χ3v) is 4.93. The summed E-state index contributed by atoms with van der Waals surface area (Å²) in [6.45, 7) is 2.57. The van der Waals surface area contributed by atoms with E-state index in [1.54, 1.807) is 0 Å². The van der Waals surface area contributed by atoms with E-state index in [2.05, 4.69) is 10.4 Å². The van der Waals surface area contributed by atoms with Gasteiger partial charge in [-0.3, -0.25) is 9.48 Å². The lowest BCUT2D eigenvalue weighted by Gasteiger charge is -2.19. The molecule has 1 amide bonds. The molecule has 2 aromatic carbocycles. The van der Waals surface area contributed by atoms with Gasteiger partial charge in [-0.2, -0.15) is 5.10 Å². The first-order valence-electron chi connectivity index (χ1n) is 9.32. The molecule has 1 aliphatic heterocycles. The van der Waals surface area contributed by atoms with Gasteiger partial charge in [-0.05, 0) is 11.1 Å². The minimum absolute atomic E-state index is 0.0109. The Morgan fingerprint density at radius 2 is 1.74 bits per heavy atom. The lowest BCUT2D eigenvalue weighted by atomic mass is 9.90. The number of nitrogens with one attached hydrogen (secondary N) is 1. The summed E-state index contributed by atoms with van der Waals surface area (Å²) in [4.78, 5) is 13.0. The van der Waals surface area contributed by atoms with Crippen molar-refractivity contribution in [3.63, 3.8) is 0 Å². The maximum atomic E-state index is 13.0. The van der Waals surface area contributed by atoms with Crippen molar-refractivity contribution in [1.29, 1.82) is 0 Å². The molecule has 0 atom stereocenters. The highest BCUT2D eigenvalue weighted by Gasteiger charge is 2.22. The van der Waals surface area contributed by atoms with E-state index in [1.165, 1.54) is 5.69 Å². The average Bonchev–Trinajstić information content (AvgIpc) is 3.13. The standard InChI is InChI=1S/C22H23N3O2/c26-22(23-12-13-25-20-11-14-27-16-19(20)15-24-25)21(17-7-3-1-4-8-17)18-9-5-2-6-10-18/h1-10,15,21H,11-14,16H2,(H,23,26). The molecule has 0 aliphatic carbocycles. The zero-order valence-electron chi connectivity index (χ0n) is 15.2. The molecule has 2 heterocycles. The number of ether oxygens (including phenoxy) is 1. The van der Waals surface area contributed by atoms with Gasteiger partial charge in [0.25, 0.3) is 0 Å². The summed E-state index contributed by atoms with van der Waals surface area (Å²) in [6.07, 6.45) is 2.74. The van der Waals surface area contributed by atoms with Crippen LogP contribution < -0.4 is 5.32 Å². The summed E-state index contributed by atoms with van der Waals surface area (Å²) in [7, 11) is 0. The number of benzene rings is 2. The fraction of sp³-hybridized carbons (Fsp3) is 0.273. The van der Waals surface area contributed by atoms with Crippen molar-refractivity contribution in [3.8, 4) is 0 Å². The van der Waals surface area contributed by atoms with Gasteiger partial charge in [0.2, 0.25) is 5.91 Å². The van der Waals surface area contributed by atoms with Crippen LogP contribution in [0.5, 0.6) is 0 Å². The maximum absolute atomic E-state index is 13.0. The first kappa shape index (κ1) is 17.5. The molecule has 0 radical (unpaired) electrons. The normalized spacial score (nSPS) is 13.4. The van der Waals surface area contributed by atoms with Gasteiger partial charge in [0.15, 0.2) is 0 Å². The second kappa shape index (κ2) is 8.18. The van der Waals surface area contributed by atoms with Crippen molar-refractivity contribution in [2.75, 3.05) is 13.2 Å². The third kappa shape index (κ3) is 3.93. The van der Waals surface area contributed by atoms with E-state index in [0.717, 1.165) is 29.7 Å². The van der Waals surface area contributed by atoms with Crippen molar-refractivity contribution < 1.29 is 9.53 Å². The minimum Gasteiger partial charge on any atom is -0.376 e. The molecule has 27 heavy (non-hydrogen) atoms. The minimum atomic E-state index is -0.313. The average molecular weight is 361 g/mol. The topological polar surface area (TPSA) is 56.2 Å². The number of aromatic nitrogens is 2. The lowest BCUT2D eigenvalue weighted by molar-refractivity contribution is -0.121. The lowest BCUT2D eigenvalue weighted by Crippen LogP contribution is -2.33. The Kier molecular flexibility index (Phi) is 5.30. The van der Waals surface area contributed by atoms with E-state index >= 15 is 0 Å². The Labute approximate surface area is 159 Å². The van der Waals surface area contributed by atoms with E-state index in [-0.39, 0.29) is 11.8 Å². The fourth-order valence-electron chi connectivity index (χ4n) is 3.58. The molecule has 4 rings (SSSR count). The second-order valence-corrected chi connectivity index (χ2v) is 6.69. The van der Waals surface area contributed by atoms with Crippen LogP contribution in [0.25, 0.3) is 0 Å². The molecule has 0 bridgehead atoms. The van der Waals surface area contributed by atoms with Crippen LogP contribution in [0, 0.1) is 0 Å². The van der Waals surface area contributed by atoms with Gasteiger partial charge in [-0.25, -0.2) is 0 Å². The Bertz CT molecular complexity index is 851. The van der Waals surface area contributed by atoms with E-state index < -0.39 is 0 Å². The Morgan fingerprint density at radius 3 is 2.41 bits per heavy atom. The monoisotopic (exact) mass is 361 g/mol. The molecule has 3 aromatic rings. The Hall–Kier alpha value is -2.92. The van der Waals surface area contributed by atoms with E-state index in [0.29, 0.717) is 19.7 Å². The van der Waals surface area contributed by atoms with Crippen LogP contribution >= 0.6 is 0 Å². The zero-order chi connectivity index (χ0) is 18.5. The number of carbonyl (C=O) groups excluding carboxylic acids is 1. The molecule has 1 aliphatic rings. The van der Waals surface area contributed by atoms with Crippen molar-refractivity contribution in [2.45, 2.75) is 25.5 Å². The quantitative estimate of drug-likeness (QED) is 0.734. The molecule has 5 nitrogen and oxygen atoms in total. The largest absolute Gasteiger partial charge is 0.376 e. The van der Waals surface area contributed by atoms with Gasteiger partial charge in [-0.15, -0.1) is 0 Å². The van der Waals surface area contributed by atoms with Crippen LogP contribution in [-0.2, 0) is 29.1 Å². The van der Waals surface area contributed by atoms with E-state index in [4.69, 9.17) is 4.74 Å². The molecular formula is C22H23N3O2. The number of hydrogen-bond donors (Lipinski definition) is 1. The summed E-state index contributed by atoms with van der Waals surface area (Å²) in [5.74, 6) is -0.302. The van der Waals surface area contributed by atoms with Crippen molar-refractivity contribution >= 4 is 5.91 Å². The number of amides is 1. The number of fused-ring (bicyclic) bond motifs is 1. The van der Waals surface area contributed by atoms with Crippen LogP contribution in [0.4, 0.5) is 0 Å². The molecule has 1 N–H and O–H groups in total. The van der Waals surface area contributed by atoms with Crippen LogP contribution in [-0.4, -0.2) is 28.8 Å². The van der Waals surface area contributed by atoms with Gasteiger partial charge in [-0.1, -0.05) is 60.7 Å². The smallest absolute Gasteiger partial charge is 0.232 e. The van der Waals surface area contributed by atoms with E-state index in [9.17, 15) is 4.79 Å². The van der Waals surface area contributed by atoms with Gasteiger partial charge in [0.05, 0.1) is 31.9 Å². The van der Waals surface area contributed by atoms with Crippen molar-refractivity contribution in [2.24, 2.45) is 0 Å². The highest BCUT2D eigenvalue weighted by Crippen LogP contribution is 2.24. The predicted molar refractivity (Wildman–Crippen MR) is 103 cm³/mol. The summed E-state index contributed by atoms with van der Waals surface area (Å²) < 4.78 is 7.44. The highest BCUT2D eigenvalue weighted by atomic mass is 16.5. The summed E-state index contributed by atoms with van der Waals surface area (Å²) in [5, 5.41) is 7.54. The maximum Gasteiger partial charge on any atom is 0.232 e. The molecule has 5 heteroatoms. The Morgan fingerprint density at radius 1 is 1.07 bits per heavy atom. The van der Waals surface area contributed by atoms with E-state index in [1.807, 2.05) is 71.5 Å². The van der Waals surface area contributed by atoms with Gasteiger partial charge in [0.1, 0.15) is 0 Å². The molecule has 138 valence electrons. The Balaban J connectivity index is 1.45. The number of rotatable bonds is 6. The first-order valence-corrected chi connectivity index (χ1v) is 9.32. The van der Waals surface area contributed by atoms with Crippen LogP contribution in [0.15, 0.2) is 66.9 Å². The second-order valence-electron chi connectivity index (χ2n) is 6.69. The number of nitrogens with zero attached hydrogens (tertiary/aromatic N) is 2. The predicted octanol–water partition coefficient (Wildman–Crippen LogP) is 2.90. The summed E-state index contributed by atoms with van der Waals surface area (Å²) >= 11 is 0. The van der Waals surface area contributed by atoms with Gasteiger partial charge < -0.3 is 10.1 Å². The van der Waals surface area contributed by atoms with Crippen molar-refractivity contribution in [3.05, 3.63) is 89.2 Å². The molecule has 1 aromatic heterocycles. The van der Waals surface area contributed by atoms with Crippen LogP contribution in [0.2, 0.25) is 0 Å². The summed E-state index contributed by atoms with van der Waals surface area (Å²) in [5.41, 5.74) is 4.36. The molecule has 0 spiro atoms. The van der Waals surface area contributed by atoms with Crippen LogP contribution in [0.1, 0.15) is 28.3 Å². The summed E-state index contributed by atoms with van der Waals surface area (Å²) in [6, 6.07) is 19.8. The SMILES string of the molecule is O=C(NCCn1ncc2c1CCOC2)C(c1ccccc1)c1ccccc1. The molecule has 0 saturated heterocycles. The highest BCUT2D eigenvalue weighted by molar-refractivity contribution is 5.87. The van der Waals surface area contributed by atoms with Crippen LogP contribution in [0.3, 0.4) is 0 Å². The molecular weight excluding hydrogens is 338 g/mol. The fourth-order valence-corrected chi connectivity index (χ4v) is 3.58. The van der Waals surface area contributed by atoms with Gasteiger partial charge >= 0.3 is 0 Å².